The maximum absolute atomic E-state index is 11.7. The molecule has 2 nitrogen and oxygen atoms in total. The van der Waals surface area contributed by atoms with Gasteiger partial charge in [-0.3, -0.25) is 4.79 Å². The van der Waals surface area contributed by atoms with Gasteiger partial charge in [0.25, 0.3) is 0 Å². The number of thiazole rings is 1. The summed E-state index contributed by atoms with van der Waals surface area (Å²) in [5.41, 5.74) is 0.313. The first-order valence-electron chi connectivity index (χ1n) is 2.32. The van der Waals surface area contributed by atoms with Gasteiger partial charge in [-0.2, -0.15) is 0 Å². The van der Waals surface area contributed by atoms with E-state index >= 15 is 0 Å². The van der Waals surface area contributed by atoms with E-state index in [2.05, 4.69) is 4.98 Å². The van der Waals surface area contributed by atoms with Crippen LogP contribution >= 0.6 is 11.3 Å². The molecule has 0 saturated heterocycles. The van der Waals surface area contributed by atoms with Gasteiger partial charge in [0.15, 0.2) is 6.29 Å². The lowest BCUT2D eigenvalue weighted by Gasteiger charge is -1.76. The predicted molar refractivity (Wildman–Crippen MR) is 32.3 cm³/mol. The van der Waals surface area contributed by atoms with Crippen LogP contribution in [0.4, 0.5) is 4.39 Å². The monoisotopic (exact) mass is 145 g/mol. The quantitative estimate of drug-likeness (QED) is 0.589. The van der Waals surface area contributed by atoms with Crippen LogP contribution < -0.4 is 0 Å². The Balaban J connectivity index is 2.86. The molecular formula is C5H4FNOS. The number of carbonyl (C=O) groups is 1. The van der Waals surface area contributed by atoms with E-state index in [1.165, 1.54) is 5.38 Å². The second-order valence-corrected chi connectivity index (χ2v) is 2.36. The zero-order valence-electron chi connectivity index (χ0n) is 4.50. The maximum atomic E-state index is 11.7. The molecule has 0 unspecified atom stereocenters. The van der Waals surface area contributed by atoms with Crippen molar-refractivity contribution in [2.24, 2.45) is 0 Å². The molecule has 0 N–H and O–H groups in total. The molecule has 9 heavy (non-hydrogen) atoms. The van der Waals surface area contributed by atoms with Gasteiger partial charge in [0.05, 0.1) is 0 Å². The lowest BCUT2D eigenvalue weighted by molar-refractivity contribution is 0.111. The standard InChI is InChI=1S/C5H4FNOS/c6-1-5-7-4(2-8)3-9-5/h2-3H,1H2. The minimum atomic E-state index is -0.585. The largest absolute Gasteiger partial charge is 0.296 e. The molecule has 0 aliphatic rings. The van der Waals surface area contributed by atoms with Crippen LogP contribution in [-0.4, -0.2) is 11.3 Å². The summed E-state index contributed by atoms with van der Waals surface area (Å²) in [7, 11) is 0. The number of aldehydes is 1. The van der Waals surface area contributed by atoms with E-state index in [1.807, 2.05) is 0 Å². The Hall–Kier alpha value is -0.770. The van der Waals surface area contributed by atoms with Crippen LogP contribution in [0.5, 0.6) is 0 Å². The minimum Gasteiger partial charge on any atom is -0.296 e. The molecule has 0 bridgehead atoms. The average molecular weight is 145 g/mol. The van der Waals surface area contributed by atoms with Gasteiger partial charge < -0.3 is 0 Å². The number of hydrogen-bond acceptors (Lipinski definition) is 3. The van der Waals surface area contributed by atoms with E-state index in [0.29, 0.717) is 17.0 Å². The highest BCUT2D eigenvalue weighted by molar-refractivity contribution is 7.09. The van der Waals surface area contributed by atoms with Gasteiger partial charge in [-0.15, -0.1) is 11.3 Å². The lowest BCUT2D eigenvalue weighted by Crippen LogP contribution is -1.79. The van der Waals surface area contributed by atoms with Gasteiger partial charge in [-0.25, -0.2) is 9.37 Å². The molecule has 0 aliphatic heterocycles. The molecule has 0 aliphatic carbocycles. The molecule has 0 amide bonds. The zero-order valence-corrected chi connectivity index (χ0v) is 5.32. The molecule has 1 aromatic rings. The number of hydrogen-bond donors (Lipinski definition) is 0. The summed E-state index contributed by atoms with van der Waals surface area (Å²) in [6.45, 7) is -0.585. The molecule has 0 saturated carbocycles. The normalized spacial score (nSPS) is 9.44. The van der Waals surface area contributed by atoms with Crippen LogP contribution in [0.25, 0.3) is 0 Å². The highest BCUT2D eigenvalue weighted by atomic mass is 32.1. The van der Waals surface area contributed by atoms with Gasteiger partial charge >= 0.3 is 0 Å². The number of nitrogens with zero attached hydrogens (tertiary/aromatic N) is 1. The smallest absolute Gasteiger partial charge is 0.169 e. The van der Waals surface area contributed by atoms with Crippen LogP contribution in [0.1, 0.15) is 15.5 Å². The van der Waals surface area contributed by atoms with Crippen LogP contribution in [0.3, 0.4) is 0 Å². The lowest BCUT2D eigenvalue weighted by atomic mass is 10.6. The minimum absolute atomic E-state index is 0.313. The Bertz CT molecular complexity index is 210. The summed E-state index contributed by atoms with van der Waals surface area (Å²) in [5.74, 6) is 0. The topological polar surface area (TPSA) is 30.0 Å². The molecule has 4 heteroatoms. The fraction of sp³-hybridized carbons (Fsp3) is 0.200. The Labute approximate surface area is 55.3 Å². The van der Waals surface area contributed by atoms with Crippen molar-refractivity contribution in [2.75, 3.05) is 0 Å². The summed E-state index contributed by atoms with van der Waals surface area (Å²) >= 11 is 1.16. The van der Waals surface area contributed by atoms with Gasteiger partial charge in [-0.05, 0) is 0 Å². The fourth-order valence-electron chi connectivity index (χ4n) is 0.441. The number of rotatable bonds is 2. The summed E-state index contributed by atoms with van der Waals surface area (Å²) < 4.78 is 11.7. The fourth-order valence-corrected chi connectivity index (χ4v) is 1.03. The second-order valence-electron chi connectivity index (χ2n) is 1.42. The van der Waals surface area contributed by atoms with E-state index < -0.39 is 6.67 Å². The maximum Gasteiger partial charge on any atom is 0.169 e. The highest BCUT2D eigenvalue weighted by Crippen LogP contribution is 2.08. The molecule has 1 rings (SSSR count). The van der Waals surface area contributed by atoms with Crippen molar-refractivity contribution in [1.29, 1.82) is 0 Å². The van der Waals surface area contributed by atoms with Gasteiger partial charge in [0.2, 0.25) is 0 Å². The Morgan fingerprint density at radius 2 is 2.67 bits per heavy atom. The second kappa shape index (κ2) is 2.68. The van der Waals surface area contributed by atoms with Crippen molar-refractivity contribution in [3.8, 4) is 0 Å². The number of halogens is 1. The third-order valence-electron chi connectivity index (χ3n) is 0.805. The Morgan fingerprint density at radius 1 is 1.89 bits per heavy atom. The molecule has 0 fully saturated rings. The summed E-state index contributed by atoms with van der Waals surface area (Å²) in [5, 5.41) is 1.89. The van der Waals surface area contributed by atoms with Crippen molar-refractivity contribution in [1.82, 2.24) is 4.98 Å². The molecule has 0 aromatic carbocycles. The van der Waals surface area contributed by atoms with Gasteiger partial charge in [0.1, 0.15) is 17.4 Å². The first-order chi connectivity index (χ1) is 4.36. The molecule has 48 valence electrons. The third kappa shape index (κ3) is 1.32. The van der Waals surface area contributed by atoms with Crippen molar-refractivity contribution < 1.29 is 9.18 Å². The average Bonchev–Trinajstić information content (AvgIpc) is 2.34. The van der Waals surface area contributed by atoms with E-state index in [4.69, 9.17) is 0 Å². The van der Waals surface area contributed by atoms with E-state index in [0.717, 1.165) is 11.3 Å². The SMILES string of the molecule is O=Cc1csc(CF)n1. The van der Waals surface area contributed by atoms with Crippen molar-refractivity contribution >= 4 is 17.6 Å². The summed E-state index contributed by atoms with van der Waals surface area (Å²) in [4.78, 5) is 13.6. The molecule has 0 spiro atoms. The van der Waals surface area contributed by atoms with Crippen molar-refractivity contribution in [3.63, 3.8) is 0 Å². The number of carbonyl (C=O) groups excluding carboxylic acids is 1. The predicted octanol–water partition coefficient (Wildman–Crippen LogP) is 1.43. The first-order valence-corrected chi connectivity index (χ1v) is 3.20. The van der Waals surface area contributed by atoms with E-state index in [1.54, 1.807) is 0 Å². The zero-order chi connectivity index (χ0) is 6.69. The first kappa shape index (κ1) is 6.35. The van der Waals surface area contributed by atoms with Crippen molar-refractivity contribution in [2.45, 2.75) is 6.67 Å². The molecule has 1 aromatic heterocycles. The molecule has 0 atom stereocenters. The number of alkyl halides is 1. The third-order valence-corrected chi connectivity index (χ3v) is 1.64. The Morgan fingerprint density at radius 3 is 3.00 bits per heavy atom. The molecule has 0 radical (unpaired) electrons. The van der Waals surface area contributed by atoms with Crippen LogP contribution in [0.15, 0.2) is 5.38 Å². The van der Waals surface area contributed by atoms with Crippen molar-refractivity contribution in [3.05, 3.63) is 16.1 Å². The molecule has 1 heterocycles. The van der Waals surface area contributed by atoms with Gasteiger partial charge in [0, 0.05) is 5.38 Å². The van der Waals surface area contributed by atoms with Crippen LogP contribution in [0, 0.1) is 0 Å². The summed E-state index contributed by atoms with van der Waals surface area (Å²) in [6.07, 6.45) is 0.607. The van der Waals surface area contributed by atoms with Gasteiger partial charge in [-0.1, -0.05) is 0 Å². The van der Waals surface area contributed by atoms with Crippen LogP contribution in [0.2, 0.25) is 0 Å². The van der Waals surface area contributed by atoms with Crippen LogP contribution in [-0.2, 0) is 6.67 Å². The highest BCUT2D eigenvalue weighted by Gasteiger charge is 1.97. The van der Waals surface area contributed by atoms with E-state index in [9.17, 15) is 9.18 Å². The molecular weight excluding hydrogens is 141 g/mol. The van der Waals surface area contributed by atoms with E-state index in [-0.39, 0.29) is 0 Å². The number of aromatic nitrogens is 1. The summed E-state index contributed by atoms with van der Waals surface area (Å²) in [6, 6.07) is 0. The Kier molecular flexibility index (Phi) is 1.89.